The highest BCUT2D eigenvalue weighted by atomic mass is 28.4. The third-order valence-electron chi connectivity index (χ3n) is 5.48. The van der Waals surface area contributed by atoms with Crippen molar-refractivity contribution in [1.29, 1.82) is 0 Å². The van der Waals surface area contributed by atoms with Gasteiger partial charge >= 0.3 is 8.56 Å². The molecule has 164 valence electrons. The van der Waals surface area contributed by atoms with Gasteiger partial charge in [-0.25, -0.2) is 0 Å². The molecule has 0 fully saturated rings. The molecular formula is C27H40O2Si. The molecule has 0 heterocycles. The van der Waals surface area contributed by atoms with E-state index in [0.29, 0.717) is 0 Å². The standard InChI is InChI=1S/C27H40O2Si/c1-4-6-7-8-9-10-11-18-24-28-30(29-25(3)19-5-2,26-20-14-12-15-21-26)27-22-16-13-17-23-27/h5,12-17,20-23,25H,2,4,6-11,18-19,24H2,1,3H3. The summed E-state index contributed by atoms with van der Waals surface area (Å²) in [6.07, 6.45) is 13.2. The zero-order valence-corrected chi connectivity index (χ0v) is 20.0. The van der Waals surface area contributed by atoms with Crippen LogP contribution in [0.2, 0.25) is 0 Å². The van der Waals surface area contributed by atoms with Crippen molar-refractivity contribution in [3.63, 3.8) is 0 Å². The smallest absolute Gasteiger partial charge is 0.388 e. The van der Waals surface area contributed by atoms with Gasteiger partial charge in [-0.1, -0.05) is 119 Å². The summed E-state index contributed by atoms with van der Waals surface area (Å²) in [5.41, 5.74) is 0. The Morgan fingerprint density at radius 1 is 0.800 bits per heavy atom. The summed E-state index contributed by atoms with van der Waals surface area (Å²) in [4.78, 5) is 0. The van der Waals surface area contributed by atoms with Gasteiger partial charge in [-0.15, -0.1) is 6.58 Å². The van der Waals surface area contributed by atoms with Crippen LogP contribution in [-0.4, -0.2) is 21.3 Å². The molecule has 2 aromatic rings. The monoisotopic (exact) mass is 424 g/mol. The van der Waals surface area contributed by atoms with E-state index in [1.54, 1.807) is 0 Å². The molecule has 30 heavy (non-hydrogen) atoms. The Hall–Kier alpha value is -1.68. The van der Waals surface area contributed by atoms with Gasteiger partial charge in [0.1, 0.15) is 0 Å². The molecule has 0 radical (unpaired) electrons. The van der Waals surface area contributed by atoms with Crippen molar-refractivity contribution >= 4 is 18.9 Å². The number of rotatable bonds is 16. The van der Waals surface area contributed by atoms with E-state index in [0.717, 1.165) is 19.4 Å². The SMILES string of the molecule is C=CCC(C)O[Si](OCCCCCCCCCC)(c1ccccc1)c1ccccc1. The first-order chi connectivity index (χ1) is 14.7. The lowest BCUT2D eigenvalue weighted by atomic mass is 10.1. The third-order valence-corrected chi connectivity index (χ3v) is 9.01. The van der Waals surface area contributed by atoms with E-state index < -0.39 is 8.56 Å². The van der Waals surface area contributed by atoms with Crippen molar-refractivity contribution in [2.75, 3.05) is 6.61 Å². The quantitative estimate of drug-likeness (QED) is 0.177. The van der Waals surface area contributed by atoms with Crippen molar-refractivity contribution in [2.45, 2.75) is 77.7 Å². The van der Waals surface area contributed by atoms with Crippen molar-refractivity contribution in [3.8, 4) is 0 Å². The second kappa shape index (κ2) is 14.3. The van der Waals surface area contributed by atoms with Crippen LogP contribution in [0.15, 0.2) is 73.3 Å². The van der Waals surface area contributed by atoms with Crippen molar-refractivity contribution in [3.05, 3.63) is 73.3 Å². The fraction of sp³-hybridized carbons (Fsp3) is 0.481. The van der Waals surface area contributed by atoms with E-state index in [4.69, 9.17) is 8.85 Å². The van der Waals surface area contributed by atoms with Gasteiger partial charge in [0.15, 0.2) is 0 Å². The van der Waals surface area contributed by atoms with Crippen molar-refractivity contribution < 1.29 is 8.85 Å². The fourth-order valence-electron chi connectivity index (χ4n) is 3.84. The first-order valence-electron chi connectivity index (χ1n) is 11.8. The topological polar surface area (TPSA) is 18.5 Å². The van der Waals surface area contributed by atoms with Gasteiger partial charge in [0, 0.05) is 12.7 Å². The molecule has 0 saturated heterocycles. The molecule has 1 atom stereocenters. The minimum absolute atomic E-state index is 0.0631. The Balaban J connectivity index is 2.09. The minimum atomic E-state index is -2.78. The summed E-state index contributed by atoms with van der Waals surface area (Å²) in [6.45, 7) is 9.02. The zero-order valence-electron chi connectivity index (χ0n) is 19.0. The molecule has 0 N–H and O–H groups in total. The summed E-state index contributed by atoms with van der Waals surface area (Å²) in [6, 6.07) is 21.1. The fourth-order valence-corrected chi connectivity index (χ4v) is 7.20. The van der Waals surface area contributed by atoms with Crippen LogP contribution in [0.25, 0.3) is 0 Å². The summed E-state index contributed by atoms with van der Waals surface area (Å²) in [7, 11) is -2.78. The van der Waals surface area contributed by atoms with Crippen LogP contribution in [0.4, 0.5) is 0 Å². The highest BCUT2D eigenvalue weighted by Gasteiger charge is 2.43. The number of hydrogen-bond acceptors (Lipinski definition) is 2. The number of unbranched alkanes of at least 4 members (excludes halogenated alkanes) is 7. The Labute approximate surface area is 185 Å². The number of hydrogen-bond donors (Lipinski definition) is 0. The van der Waals surface area contributed by atoms with E-state index >= 15 is 0 Å². The minimum Gasteiger partial charge on any atom is -0.388 e. The molecule has 0 saturated carbocycles. The van der Waals surface area contributed by atoms with Crippen LogP contribution in [0.5, 0.6) is 0 Å². The molecule has 0 bridgehead atoms. The lowest BCUT2D eigenvalue weighted by Crippen LogP contribution is -2.64. The summed E-state index contributed by atoms with van der Waals surface area (Å²) in [5.74, 6) is 0. The number of benzene rings is 2. The molecule has 2 rings (SSSR count). The maximum absolute atomic E-state index is 6.77. The second-order valence-corrected chi connectivity index (χ2v) is 11.0. The summed E-state index contributed by atoms with van der Waals surface area (Å²) < 4.78 is 13.5. The van der Waals surface area contributed by atoms with E-state index in [1.807, 2.05) is 6.08 Å². The first kappa shape index (κ1) is 24.6. The van der Waals surface area contributed by atoms with Gasteiger partial charge in [-0.3, -0.25) is 0 Å². The van der Waals surface area contributed by atoms with E-state index in [-0.39, 0.29) is 6.10 Å². The normalized spacial score (nSPS) is 12.6. The lowest BCUT2D eigenvalue weighted by molar-refractivity contribution is 0.141. The predicted octanol–water partition coefficient (Wildman–Crippen LogP) is 6.38. The van der Waals surface area contributed by atoms with Gasteiger partial charge in [0.2, 0.25) is 0 Å². The Kier molecular flexibility index (Phi) is 11.8. The summed E-state index contributed by atoms with van der Waals surface area (Å²) >= 11 is 0. The Bertz CT molecular complexity index is 647. The zero-order chi connectivity index (χ0) is 21.5. The van der Waals surface area contributed by atoms with Gasteiger partial charge in [-0.2, -0.15) is 0 Å². The molecule has 0 aromatic heterocycles. The average molecular weight is 425 g/mol. The molecule has 3 heteroatoms. The van der Waals surface area contributed by atoms with Crippen LogP contribution >= 0.6 is 0 Å². The first-order valence-corrected chi connectivity index (χ1v) is 13.6. The molecule has 0 spiro atoms. The van der Waals surface area contributed by atoms with Gasteiger partial charge in [0.25, 0.3) is 0 Å². The van der Waals surface area contributed by atoms with E-state index in [9.17, 15) is 0 Å². The van der Waals surface area contributed by atoms with Gasteiger partial charge < -0.3 is 8.85 Å². The van der Waals surface area contributed by atoms with Crippen LogP contribution in [0.3, 0.4) is 0 Å². The van der Waals surface area contributed by atoms with Crippen molar-refractivity contribution in [1.82, 2.24) is 0 Å². The van der Waals surface area contributed by atoms with E-state index in [2.05, 4.69) is 81.1 Å². The molecule has 2 aromatic carbocycles. The van der Waals surface area contributed by atoms with Crippen LogP contribution in [0, 0.1) is 0 Å². The van der Waals surface area contributed by atoms with Crippen LogP contribution in [-0.2, 0) is 8.85 Å². The molecule has 0 aliphatic carbocycles. The lowest BCUT2D eigenvalue weighted by Gasteiger charge is -2.34. The molecule has 2 nitrogen and oxygen atoms in total. The van der Waals surface area contributed by atoms with Crippen LogP contribution < -0.4 is 10.4 Å². The largest absolute Gasteiger partial charge is 0.407 e. The molecular weight excluding hydrogens is 384 g/mol. The van der Waals surface area contributed by atoms with E-state index in [1.165, 1.54) is 55.3 Å². The molecule has 1 unspecified atom stereocenters. The molecule has 0 aliphatic heterocycles. The van der Waals surface area contributed by atoms with Gasteiger partial charge in [0.05, 0.1) is 0 Å². The summed E-state index contributed by atoms with van der Waals surface area (Å²) in [5, 5.41) is 2.35. The predicted molar refractivity (Wildman–Crippen MR) is 132 cm³/mol. The van der Waals surface area contributed by atoms with Crippen LogP contribution in [0.1, 0.15) is 71.6 Å². The Morgan fingerprint density at radius 2 is 1.30 bits per heavy atom. The molecule has 0 aliphatic rings. The van der Waals surface area contributed by atoms with Crippen molar-refractivity contribution in [2.24, 2.45) is 0 Å². The molecule has 0 amide bonds. The average Bonchev–Trinajstić information content (AvgIpc) is 2.78. The maximum atomic E-state index is 6.77. The third kappa shape index (κ3) is 7.86. The highest BCUT2D eigenvalue weighted by molar-refractivity contribution is 6.92. The maximum Gasteiger partial charge on any atom is 0.407 e. The van der Waals surface area contributed by atoms with Gasteiger partial charge in [-0.05, 0) is 30.1 Å². The highest BCUT2D eigenvalue weighted by Crippen LogP contribution is 2.16. The Morgan fingerprint density at radius 3 is 1.80 bits per heavy atom. The second-order valence-electron chi connectivity index (χ2n) is 8.12.